The maximum absolute atomic E-state index is 12.1. The van der Waals surface area contributed by atoms with Crippen LogP contribution in [0.3, 0.4) is 0 Å². The smallest absolute Gasteiger partial charge is 0.288 e. The number of nitrogen functional groups attached to an aromatic ring is 1. The van der Waals surface area contributed by atoms with Crippen molar-refractivity contribution in [1.82, 2.24) is 20.5 Å². The van der Waals surface area contributed by atoms with Gasteiger partial charge < -0.3 is 11.1 Å². The summed E-state index contributed by atoms with van der Waals surface area (Å²) in [6.45, 7) is 0. The minimum atomic E-state index is -0.165. The highest BCUT2D eigenvalue weighted by Crippen LogP contribution is 2.53. The van der Waals surface area contributed by atoms with Gasteiger partial charge in [-0.1, -0.05) is 0 Å². The number of aromatic amines is 1. The van der Waals surface area contributed by atoms with E-state index in [2.05, 4.69) is 20.5 Å². The van der Waals surface area contributed by atoms with Gasteiger partial charge in [0.1, 0.15) is 0 Å². The number of amides is 1. The number of carbonyl (C=O) groups is 1. The van der Waals surface area contributed by atoms with E-state index in [0.717, 1.165) is 11.8 Å². The number of aromatic nitrogens is 3. The van der Waals surface area contributed by atoms with Crippen LogP contribution in [0, 0.1) is 23.7 Å². The standard InChI is InChI=1S/C13H19N5O/c14-13-16-11(17-18-13)12(19)15-10-8-2-6-1-7(4-8)5-9(10)3-6/h6-10H,1-5H2,(H,15,19)(H3,14,16,17,18). The SMILES string of the molecule is Nc1n[nH]c(C(=O)NC2C3CC4CC(C3)CC2C4)n1. The first-order valence-electron chi connectivity index (χ1n) is 7.18. The number of anilines is 1. The molecule has 4 bridgehead atoms. The third kappa shape index (κ3) is 1.81. The summed E-state index contributed by atoms with van der Waals surface area (Å²) in [7, 11) is 0. The minimum absolute atomic E-state index is 0.121. The lowest BCUT2D eigenvalue weighted by Gasteiger charge is -2.54. The van der Waals surface area contributed by atoms with E-state index in [4.69, 9.17) is 5.73 Å². The Morgan fingerprint density at radius 3 is 2.32 bits per heavy atom. The van der Waals surface area contributed by atoms with E-state index in [-0.39, 0.29) is 17.7 Å². The average Bonchev–Trinajstić information content (AvgIpc) is 2.79. The Kier molecular flexibility index (Phi) is 2.34. The average molecular weight is 261 g/mol. The molecule has 0 unspecified atom stereocenters. The number of hydrogen-bond acceptors (Lipinski definition) is 4. The van der Waals surface area contributed by atoms with Crippen molar-refractivity contribution in [3.8, 4) is 0 Å². The van der Waals surface area contributed by atoms with Gasteiger partial charge in [-0.05, 0) is 55.8 Å². The van der Waals surface area contributed by atoms with Crippen LogP contribution in [0.1, 0.15) is 42.7 Å². The molecule has 0 spiro atoms. The van der Waals surface area contributed by atoms with Crippen LogP contribution in [-0.4, -0.2) is 27.1 Å². The van der Waals surface area contributed by atoms with Crippen molar-refractivity contribution in [3.63, 3.8) is 0 Å². The molecule has 1 heterocycles. The van der Waals surface area contributed by atoms with E-state index in [0.29, 0.717) is 17.9 Å². The number of nitrogens with two attached hydrogens (primary N) is 1. The van der Waals surface area contributed by atoms with Gasteiger partial charge >= 0.3 is 0 Å². The zero-order valence-electron chi connectivity index (χ0n) is 10.8. The van der Waals surface area contributed by atoms with Crippen molar-refractivity contribution < 1.29 is 4.79 Å². The largest absolute Gasteiger partial charge is 0.366 e. The molecular formula is C13H19N5O. The van der Waals surface area contributed by atoms with E-state index in [1.54, 1.807) is 0 Å². The predicted molar refractivity (Wildman–Crippen MR) is 69.1 cm³/mol. The summed E-state index contributed by atoms with van der Waals surface area (Å²) < 4.78 is 0. The first kappa shape index (κ1) is 11.3. The highest BCUT2D eigenvalue weighted by molar-refractivity contribution is 5.90. The fourth-order valence-corrected chi connectivity index (χ4v) is 4.76. The van der Waals surface area contributed by atoms with Gasteiger partial charge in [-0.2, -0.15) is 4.98 Å². The van der Waals surface area contributed by atoms with Gasteiger partial charge in [0.05, 0.1) is 0 Å². The van der Waals surface area contributed by atoms with Gasteiger partial charge in [-0.3, -0.25) is 9.89 Å². The summed E-state index contributed by atoms with van der Waals surface area (Å²) in [5.74, 6) is 3.34. The maximum Gasteiger partial charge on any atom is 0.288 e. The van der Waals surface area contributed by atoms with E-state index in [1.807, 2.05) is 0 Å². The Bertz CT molecular complexity index is 483. The van der Waals surface area contributed by atoms with Gasteiger partial charge in [-0.15, -0.1) is 5.10 Å². The molecule has 0 aliphatic heterocycles. The molecule has 4 saturated carbocycles. The molecule has 1 aromatic heterocycles. The lowest BCUT2D eigenvalue weighted by molar-refractivity contribution is -0.0120. The van der Waals surface area contributed by atoms with E-state index >= 15 is 0 Å². The van der Waals surface area contributed by atoms with Crippen molar-refractivity contribution in [2.45, 2.75) is 38.1 Å². The van der Waals surface area contributed by atoms with Crippen LogP contribution in [0.5, 0.6) is 0 Å². The second kappa shape index (κ2) is 3.95. The molecule has 0 atom stereocenters. The van der Waals surface area contributed by atoms with Crippen LogP contribution in [-0.2, 0) is 0 Å². The molecular weight excluding hydrogens is 242 g/mol. The molecule has 102 valence electrons. The highest BCUT2D eigenvalue weighted by atomic mass is 16.2. The summed E-state index contributed by atoms with van der Waals surface area (Å²) in [6, 6.07) is 0.326. The number of carbonyl (C=O) groups excluding carboxylic acids is 1. The Morgan fingerprint density at radius 1 is 1.16 bits per heavy atom. The van der Waals surface area contributed by atoms with Crippen LogP contribution < -0.4 is 11.1 Å². The zero-order valence-corrected chi connectivity index (χ0v) is 10.8. The Labute approximate surface area is 111 Å². The van der Waals surface area contributed by atoms with Crippen molar-refractivity contribution in [2.24, 2.45) is 23.7 Å². The third-order valence-electron chi connectivity index (χ3n) is 5.24. The molecule has 6 heteroatoms. The lowest BCUT2D eigenvalue weighted by atomic mass is 9.54. The number of nitrogens with zero attached hydrogens (tertiary/aromatic N) is 2. The van der Waals surface area contributed by atoms with Crippen molar-refractivity contribution in [3.05, 3.63) is 5.82 Å². The molecule has 4 fully saturated rings. The Hall–Kier alpha value is -1.59. The van der Waals surface area contributed by atoms with E-state index in [9.17, 15) is 4.79 Å². The molecule has 6 nitrogen and oxygen atoms in total. The number of rotatable bonds is 2. The fraction of sp³-hybridized carbons (Fsp3) is 0.769. The molecule has 1 aromatic rings. The minimum Gasteiger partial charge on any atom is -0.366 e. The number of H-pyrrole nitrogens is 1. The normalized spacial score (nSPS) is 39.5. The molecule has 0 aromatic carbocycles. The topological polar surface area (TPSA) is 96.7 Å². The summed E-state index contributed by atoms with van der Waals surface area (Å²) in [4.78, 5) is 16.0. The summed E-state index contributed by atoms with van der Waals surface area (Å²) in [5.41, 5.74) is 5.43. The van der Waals surface area contributed by atoms with Crippen molar-refractivity contribution in [1.29, 1.82) is 0 Å². The maximum atomic E-state index is 12.1. The summed E-state index contributed by atoms with van der Waals surface area (Å²) in [5, 5.41) is 9.45. The van der Waals surface area contributed by atoms with Crippen LogP contribution in [0.25, 0.3) is 0 Å². The molecule has 1 amide bonds. The third-order valence-corrected chi connectivity index (χ3v) is 5.24. The Morgan fingerprint density at radius 2 is 1.79 bits per heavy atom. The highest BCUT2D eigenvalue weighted by Gasteiger charge is 2.48. The van der Waals surface area contributed by atoms with Crippen LogP contribution >= 0.6 is 0 Å². The van der Waals surface area contributed by atoms with E-state index < -0.39 is 0 Å². The first-order valence-corrected chi connectivity index (χ1v) is 7.18. The molecule has 4 aliphatic carbocycles. The lowest BCUT2D eigenvalue weighted by Crippen LogP contribution is -2.55. The van der Waals surface area contributed by atoms with Gasteiger partial charge in [0.15, 0.2) is 0 Å². The zero-order chi connectivity index (χ0) is 13.0. The van der Waals surface area contributed by atoms with Crippen LogP contribution in [0.4, 0.5) is 5.95 Å². The number of nitrogens with one attached hydrogen (secondary N) is 2. The van der Waals surface area contributed by atoms with Crippen molar-refractivity contribution in [2.75, 3.05) is 5.73 Å². The fourth-order valence-electron chi connectivity index (χ4n) is 4.76. The molecule has 19 heavy (non-hydrogen) atoms. The molecule has 4 aliphatic rings. The summed E-state index contributed by atoms with van der Waals surface area (Å²) >= 11 is 0. The molecule has 4 N–H and O–H groups in total. The predicted octanol–water partition coefficient (Wildman–Crippen LogP) is 0.941. The first-order chi connectivity index (χ1) is 9.19. The quantitative estimate of drug-likeness (QED) is 0.738. The molecule has 0 saturated heterocycles. The van der Waals surface area contributed by atoms with Gasteiger partial charge in [0, 0.05) is 6.04 Å². The second-order valence-electron chi connectivity index (χ2n) is 6.47. The monoisotopic (exact) mass is 261 g/mol. The van der Waals surface area contributed by atoms with Crippen LogP contribution in [0.2, 0.25) is 0 Å². The van der Waals surface area contributed by atoms with Crippen LogP contribution in [0.15, 0.2) is 0 Å². The Balaban J connectivity index is 1.49. The molecule has 0 radical (unpaired) electrons. The number of hydrogen-bond donors (Lipinski definition) is 3. The van der Waals surface area contributed by atoms with Gasteiger partial charge in [-0.25, -0.2) is 0 Å². The second-order valence-corrected chi connectivity index (χ2v) is 6.47. The van der Waals surface area contributed by atoms with E-state index in [1.165, 1.54) is 32.1 Å². The van der Waals surface area contributed by atoms with Gasteiger partial charge in [0.2, 0.25) is 11.8 Å². The van der Waals surface area contributed by atoms with Crippen molar-refractivity contribution >= 4 is 11.9 Å². The summed E-state index contributed by atoms with van der Waals surface area (Å²) in [6.07, 6.45) is 6.58. The van der Waals surface area contributed by atoms with Gasteiger partial charge in [0.25, 0.3) is 5.91 Å². The molecule has 5 rings (SSSR count).